The molecule has 1 atom stereocenters. The molecule has 118 valence electrons. The number of carbonyl (C=O) groups is 1. The highest BCUT2D eigenvalue weighted by atomic mass is 16.3. The first-order valence-electron chi connectivity index (χ1n) is 7.93. The molecule has 0 aromatic heterocycles. The summed E-state index contributed by atoms with van der Waals surface area (Å²) >= 11 is 0. The predicted molar refractivity (Wildman–Crippen MR) is 82.6 cm³/mol. The van der Waals surface area contributed by atoms with E-state index < -0.39 is 0 Å². The van der Waals surface area contributed by atoms with Gasteiger partial charge in [0.2, 0.25) is 5.91 Å². The lowest BCUT2D eigenvalue weighted by Crippen LogP contribution is -2.46. The molecule has 1 aliphatic heterocycles. The van der Waals surface area contributed by atoms with Gasteiger partial charge in [0, 0.05) is 32.8 Å². The molecule has 0 spiro atoms. The van der Waals surface area contributed by atoms with Gasteiger partial charge in [-0.2, -0.15) is 0 Å². The van der Waals surface area contributed by atoms with Gasteiger partial charge < -0.3 is 10.0 Å². The molecule has 0 saturated carbocycles. The lowest BCUT2D eigenvalue weighted by Gasteiger charge is -2.34. The maximum absolute atomic E-state index is 12.4. The van der Waals surface area contributed by atoms with Crippen molar-refractivity contribution in [3.05, 3.63) is 0 Å². The summed E-state index contributed by atoms with van der Waals surface area (Å²) in [5.41, 5.74) is 0.172. The molecule has 1 aliphatic rings. The maximum atomic E-state index is 12.4. The fourth-order valence-corrected chi connectivity index (χ4v) is 2.89. The molecular formula is C16H32N2O2. The minimum Gasteiger partial charge on any atom is -0.396 e. The van der Waals surface area contributed by atoms with Crippen LogP contribution in [0.3, 0.4) is 0 Å². The number of hydrogen-bond donors (Lipinski definition) is 1. The zero-order valence-electron chi connectivity index (χ0n) is 13.7. The summed E-state index contributed by atoms with van der Waals surface area (Å²) in [6.07, 6.45) is 3.10. The van der Waals surface area contributed by atoms with Crippen LogP contribution >= 0.6 is 0 Å². The summed E-state index contributed by atoms with van der Waals surface area (Å²) in [7, 11) is 0. The van der Waals surface area contributed by atoms with E-state index in [4.69, 9.17) is 5.11 Å². The molecule has 0 radical (unpaired) electrons. The van der Waals surface area contributed by atoms with Crippen LogP contribution in [0.5, 0.6) is 0 Å². The topological polar surface area (TPSA) is 43.8 Å². The molecule has 0 aromatic rings. The SMILES string of the molecule is CC1CCCN(C(=O)CN(CCCO)CC(C)(C)C)C1. The number of nitrogens with zero attached hydrogens (tertiary/aromatic N) is 2. The molecule has 0 aliphatic carbocycles. The second-order valence-electron chi connectivity index (χ2n) is 7.44. The van der Waals surface area contributed by atoms with Crippen molar-refractivity contribution < 1.29 is 9.90 Å². The Bertz CT molecular complexity index is 299. The van der Waals surface area contributed by atoms with Gasteiger partial charge in [-0.15, -0.1) is 0 Å². The second-order valence-corrected chi connectivity index (χ2v) is 7.44. The molecule has 1 fully saturated rings. The van der Waals surface area contributed by atoms with E-state index in [0.717, 1.165) is 39.0 Å². The highest BCUT2D eigenvalue weighted by Gasteiger charge is 2.24. The maximum Gasteiger partial charge on any atom is 0.236 e. The first-order chi connectivity index (χ1) is 9.31. The van der Waals surface area contributed by atoms with Crippen molar-refractivity contribution in [3.8, 4) is 0 Å². The van der Waals surface area contributed by atoms with Crippen LogP contribution in [0.1, 0.15) is 47.0 Å². The Labute approximate surface area is 124 Å². The molecule has 1 unspecified atom stereocenters. The highest BCUT2D eigenvalue weighted by Crippen LogP contribution is 2.18. The third-order valence-corrected chi connectivity index (χ3v) is 3.70. The molecule has 1 N–H and O–H groups in total. The molecule has 20 heavy (non-hydrogen) atoms. The van der Waals surface area contributed by atoms with Crippen LogP contribution in [0.4, 0.5) is 0 Å². The number of rotatable bonds is 6. The standard InChI is InChI=1S/C16H32N2O2/c1-14-7-5-9-18(11-14)15(20)12-17(8-6-10-19)13-16(2,3)4/h14,19H,5-13H2,1-4H3. The molecule has 0 aromatic carbocycles. The van der Waals surface area contributed by atoms with Gasteiger partial charge >= 0.3 is 0 Å². The Hall–Kier alpha value is -0.610. The molecule has 1 heterocycles. The molecule has 4 heteroatoms. The van der Waals surface area contributed by atoms with E-state index in [2.05, 4.69) is 32.6 Å². The van der Waals surface area contributed by atoms with E-state index in [-0.39, 0.29) is 17.9 Å². The summed E-state index contributed by atoms with van der Waals surface area (Å²) in [6.45, 7) is 13.0. The molecule has 1 amide bonds. The van der Waals surface area contributed by atoms with Gasteiger partial charge in [0.25, 0.3) is 0 Å². The van der Waals surface area contributed by atoms with Gasteiger partial charge in [0.1, 0.15) is 0 Å². The normalized spacial score (nSPS) is 20.5. The Morgan fingerprint density at radius 2 is 2.10 bits per heavy atom. The second kappa shape index (κ2) is 7.99. The molecular weight excluding hydrogens is 252 g/mol. The van der Waals surface area contributed by atoms with Crippen molar-refractivity contribution in [2.75, 3.05) is 39.3 Å². The summed E-state index contributed by atoms with van der Waals surface area (Å²) in [4.78, 5) is 16.6. The van der Waals surface area contributed by atoms with E-state index in [1.165, 1.54) is 6.42 Å². The van der Waals surface area contributed by atoms with Crippen molar-refractivity contribution >= 4 is 5.91 Å². The Balaban J connectivity index is 2.51. The summed E-state index contributed by atoms with van der Waals surface area (Å²) in [5.74, 6) is 0.875. The largest absolute Gasteiger partial charge is 0.396 e. The van der Waals surface area contributed by atoms with Gasteiger partial charge in [0.15, 0.2) is 0 Å². The first kappa shape index (κ1) is 17.4. The number of amides is 1. The third kappa shape index (κ3) is 6.71. The smallest absolute Gasteiger partial charge is 0.236 e. The van der Waals surface area contributed by atoms with Gasteiger partial charge in [-0.05, 0) is 30.6 Å². The van der Waals surface area contributed by atoms with Gasteiger partial charge in [0.05, 0.1) is 6.54 Å². The Morgan fingerprint density at radius 3 is 2.65 bits per heavy atom. The van der Waals surface area contributed by atoms with Gasteiger partial charge in [-0.1, -0.05) is 27.7 Å². The van der Waals surface area contributed by atoms with Crippen LogP contribution in [-0.4, -0.2) is 60.1 Å². The van der Waals surface area contributed by atoms with Crippen LogP contribution in [-0.2, 0) is 4.79 Å². The first-order valence-corrected chi connectivity index (χ1v) is 7.93. The summed E-state index contributed by atoms with van der Waals surface area (Å²) < 4.78 is 0. The van der Waals surface area contributed by atoms with Crippen molar-refractivity contribution in [3.63, 3.8) is 0 Å². The number of piperidine rings is 1. The Morgan fingerprint density at radius 1 is 1.40 bits per heavy atom. The third-order valence-electron chi connectivity index (χ3n) is 3.70. The fourth-order valence-electron chi connectivity index (χ4n) is 2.89. The number of likely N-dealkylation sites (tertiary alicyclic amines) is 1. The van der Waals surface area contributed by atoms with E-state index in [0.29, 0.717) is 12.5 Å². The average molecular weight is 284 g/mol. The number of aliphatic hydroxyl groups is 1. The van der Waals surface area contributed by atoms with Crippen LogP contribution in [0.2, 0.25) is 0 Å². The van der Waals surface area contributed by atoms with E-state index in [1.54, 1.807) is 0 Å². The minimum absolute atomic E-state index is 0.172. The molecule has 1 saturated heterocycles. The highest BCUT2D eigenvalue weighted by molar-refractivity contribution is 5.78. The van der Waals surface area contributed by atoms with E-state index in [1.807, 2.05) is 4.90 Å². The van der Waals surface area contributed by atoms with Crippen molar-refractivity contribution in [2.24, 2.45) is 11.3 Å². The van der Waals surface area contributed by atoms with Crippen LogP contribution in [0.25, 0.3) is 0 Å². The predicted octanol–water partition coefficient (Wildman–Crippen LogP) is 1.98. The number of carbonyl (C=O) groups excluding carboxylic acids is 1. The lowest BCUT2D eigenvalue weighted by molar-refractivity contribution is -0.134. The fraction of sp³-hybridized carbons (Fsp3) is 0.938. The van der Waals surface area contributed by atoms with Crippen LogP contribution < -0.4 is 0 Å². The Kier molecular flexibility index (Phi) is 6.96. The molecule has 4 nitrogen and oxygen atoms in total. The summed E-state index contributed by atoms with van der Waals surface area (Å²) in [5, 5.41) is 9.01. The minimum atomic E-state index is 0.172. The quantitative estimate of drug-likeness (QED) is 0.811. The van der Waals surface area contributed by atoms with Crippen molar-refractivity contribution in [2.45, 2.75) is 47.0 Å². The number of aliphatic hydroxyl groups excluding tert-OH is 1. The summed E-state index contributed by atoms with van der Waals surface area (Å²) in [6, 6.07) is 0. The van der Waals surface area contributed by atoms with Crippen molar-refractivity contribution in [1.82, 2.24) is 9.80 Å². The zero-order valence-corrected chi connectivity index (χ0v) is 13.7. The van der Waals surface area contributed by atoms with Gasteiger partial charge in [-0.3, -0.25) is 9.69 Å². The van der Waals surface area contributed by atoms with Crippen molar-refractivity contribution in [1.29, 1.82) is 0 Å². The van der Waals surface area contributed by atoms with Gasteiger partial charge in [-0.25, -0.2) is 0 Å². The van der Waals surface area contributed by atoms with E-state index >= 15 is 0 Å². The number of hydrogen-bond acceptors (Lipinski definition) is 3. The molecule has 1 rings (SSSR count). The van der Waals surface area contributed by atoms with E-state index in [9.17, 15) is 4.79 Å². The molecule has 0 bridgehead atoms. The van der Waals surface area contributed by atoms with Crippen LogP contribution in [0.15, 0.2) is 0 Å². The zero-order chi connectivity index (χ0) is 15.2. The van der Waals surface area contributed by atoms with Crippen LogP contribution in [0, 0.1) is 11.3 Å². The monoisotopic (exact) mass is 284 g/mol. The average Bonchev–Trinajstić information content (AvgIpc) is 2.34. The lowest BCUT2D eigenvalue weighted by atomic mass is 9.96.